The van der Waals surface area contributed by atoms with Gasteiger partial charge in [0, 0.05) is 5.56 Å². The van der Waals surface area contributed by atoms with Gasteiger partial charge in [-0.1, -0.05) is 18.2 Å². The van der Waals surface area contributed by atoms with Gasteiger partial charge in [-0.25, -0.2) is 8.78 Å². The summed E-state index contributed by atoms with van der Waals surface area (Å²) >= 11 is 0. The Hall–Kier alpha value is -1.74. The Kier molecular flexibility index (Phi) is 4.19. The van der Waals surface area contributed by atoms with E-state index in [2.05, 4.69) is 5.32 Å². The second-order valence-electron chi connectivity index (χ2n) is 5.19. The molecule has 0 saturated carbocycles. The Morgan fingerprint density at radius 3 is 2.15 bits per heavy atom. The number of aryl methyl sites for hydroxylation is 3. The van der Waals surface area contributed by atoms with E-state index in [4.69, 9.17) is 0 Å². The molecule has 0 radical (unpaired) electrons. The van der Waals surface area contributed by atoms with Crippen LogP contribution in [0.15, 0.2) is 30.3 Å². The predicted octanol–water partition coefficient (Wildman–Crippen LogP) is 4.20. The van der Waals surface area contributed by atoms with Gasteiger partial charge in [-0.2, -0.15) is 0 Å². The van der Waals surface area contributed by atoms with Crippen molar-refractivity contribution >= 4 is 0 Å². The average Bonchev–Trinajstić information content (AvgIpc) is 2.40. The Morgan fingerprint density at radius 2 is 1.55 bits per heavy atom. The molecule has 0 saturated heterocycles. The quantitative estimate of drug-likeness (QED) is 0.885. The van der Waals surface area contributed by atoms with E-state index in [0.717, 1.165) is 11.1 Å². The second-order valence-corrected chi connectivity index (χ2v) is 5.19. The molecule has 1 unspecified atom stereocenters. The smallest absolute Gasteiger partial charge is 0.128 e. The molecule has 20 heavy (non-hydrogen) atoms. The molecule has 1 N–H and O–H groups in total. The first-order valence-electron chi connectivity index (χ1n) is 6.64. The van der Waals surface area contributed by atoms with Gasteiger partial charge in [0.2, 0.25) is 0 Å². The minimum absolute atomic E-state index is 0.321. The molecule has 0 fully saturated rings. The Morgan fingerprint density at radius 1 is 0.850 bits per heavy atom. The summed E-state index contributed by atoms with van der Waals surface area (Å²) in [7, 11) is 1.75. The minimum atomic E-state index is -0.388. The van der Waals surface area contributed by atoms with Crippen molar-refractivity contribution < 1.29 is 8.78 Å². The van der Waals surface area contributed by atoms with Crippen LogP contribution in [0.3, 0.4) is 0 Å². The molecule has 0 aliphatic heterocycles. The summed E-state index contributed by atoms with van der Waals surface area (Å²) in [6.07, 6.45) is 0. The summed E-state index contributed by atoms with van der Waals surface area (Å²) in [6.45, 7) is 5.60. The topological polar surface area (TPSA) is 12.0 Å². The monoisotopic (exact) mass is 275 g/mol. The van der Waals surface area contributed by atoms with Gasteiger partial charge in [-0.15, -0.1) is 0 Å². The fourth-order valence-corrected chi connectivity index (χ4v) is 2.33. The highest BCUT2D eigenvalue weighted by Crippen LogP contribution is 2.27. The largest absolute Gasteiger partial charge is 0.309 e. The fourth-order valence-electron chi connectivity index (χ4n) is 2.33. The first-order valence-corrected chi connectivity index (χ1v) is 6.64. The minimum Gasteiger partial charge on any atom is -0.309 e. The molecular formula is C17H19F2N. The SMILES string of the molecule is CNC(c1ccc(C)c(C)c1)c1cc(F)c(C)cc1F. The summed E-state index contributed by atoms with van der Waals surface area (Å²) in [6, 6.07) is 8.12. The van der Waals surface area contributed by atoms with Crippen molar-refractivity contribution in [1.29, 1.82) is 0 Å². The first-order chi connectivity index (χ1) is 9.43. The van der Waals surface area contributed by atoms with Crippen LogP contribution in [0.2, 0.25) is 0 Å². The van der Waals surface area contributed by atoms with Crippen LogP contribution in [-0.4, -0.2) is 7.05 Å². The number of halogens is 2. The normalized spacial score (nSPS) is 12.5. The van der Waals surface area contributed by atoms with Gasteiger partial charge in [0.1, 0.15) is 11.6 Å². The molecule has 2 aromatic carbocycles. The third-order valence-electron chi connectivity index (χ3n) is 3.74. The zero-order valence-electron chi connectivity index (χ0n) is 12.2. The number of rotatable bonds is 3. The number of hydrogen-bond donors (Lipinski definition) is 1. The Bertz CT molecular complexity index is 635. The van der Waals surface area contributed by atoms with Gasteiger partial charge >= 0.3 is 0 Å². The molecule has 0 spiro atoms. The van der Waals surface area contributed by atoms with Crippen LogP contribution in [0.5, 0.6) is 0 Å². The van der Waals surface area contributed by atoms with Crippen molar-refractivity contribution in [2.75, 3.05) is 7.05 Å². The van der Waals surface area contributed by atoms with Gasteiger partial charge in [0.15, 0.2) is 0 Å². The molecule has 106 valence electrons. The number of benzene rings is 2. The lowest BCUT2D eigenvalue weighted by Crippen LogP contribution is -2.19. The molecule has 0 amide bonds. The second kappa shape index (κ2) is 5.71. The lowest BCUT2D eigenvalue weighted by molar-refractivity contribution is 0.553. The van der Waals surface area contributed by atoms with E-state index in [0.29, 0.717) is 11.1 Å². The third-order valence-corrected chi connectivity index (χ3v) is 3.74. The highest BCUT2D eigenvalue weighted by Gasteiger charge is 2.18. The van der Waals surface area contributed by atoms with Crippen LogP contribution >= 0.6 is 0 Å². The van der Waals surface area contributed by atoms with E-state index in [9.17, 15) is 8.78 Å². The zero-order chi connectivity index (χ0) is 14.9. The molecule has 0 aliphatic carbocycles. The summed E-state index contributed by atoms with van der Waals surface area (Å²) in [5.74, 6) is -0.771. The molecule has 0 aliphatic rings. The number of hydrogen-bond acceptors (Lipinski definition) is 1. The zero-order valence-corrected chi connectivity index (χ0v) is 12.2. The standard InChI is InChI=1S/C17H19F2N/c1-10-5-6-13(7-11(10)2)17(20-4)14-9-15(18)12(3)8-16(14)19/h5-9,17,20H,1-4H3. The van der Waals surface area contributed by atoms with Crippen LogP contribution < -0.4 is 5.32 Å². The summed E-state index contributed by atoms with van der Waals surface area (Å²) < 4.78 is 27.8. The Labute approximate surface area is 118 Å². The first kappa shape index (κ1) is 14.7. The van der Waals surface area contributed by atoms with Gasteiger partial charge in [0.25, 0.3) is 0 Å². The lowest BCUT2D eigenvalue weighted by Gasteiger charge is -2.19. The third kappa shape index (κ3) is 2.73. The van der Waals surface area contributed by atoms with Gasteiger partial charge in [-0.05, 0) is 62.2 Å². The molecule has 0 bridgehead atoms. The molecule has 0 aromatic heterocycles. The van der Waals surface area contributed by atoms with E-state index in [1.807, 2.05) is 32.0 Å². The van der Waals surface area contributed by atoms with Gasteiger partial charge in [0.05, 0.1) is 6.04 Å². The predicted molar refractivity (Wildman–Crippen MR) is 77.9 cm³/mol. The van der Waals surface area contributed by atoms with Crippen molar-refractivity contribution in [2.24, 2.45) is 0 Å². The van der Waals surface area contributed by atoms with E-state index in [-0.39, 0.29) is 17.7 Å². The molecule has 1 nitrogen and oxygen atoms in total. The van der Waals surface area contributed by atoms with Crippen LogP contribution in [0.25, 0.3) is 0 Å². The maximum absolute atomic E-state index is 14.1. The maximum Gasteiger partial charge on any atom is 0.128 e. The maximum atomic E-state index is 14.1. The van der Waals surface area contributed by atoms with E-state index in [1.54, 1.807) is 14.0 Å². The number of nitrogens with one attached hydrogen (secondary N) is 1. The van der Waals surface area contributed by atoms with Crippen molar-refractivity contribution in [2.45, 2.75) is 26.8 Å². The molecule has 3 heteroatoms. The van der Waals surface area contributed by atoms with Crippen LogP contribution in [0.1, 0.15) is 33.9 Å². The van der Waals surface area contributed by atoms with Gasteiger partial charge in [-0.3, -0.25) is 0 Å². The molecular weight excluding hydrogens is 256 g/mol. The highest BCUT2D eigenvalue weighted by atomic mass is 19.1. The summed E-state index contributed by atoms with van der Waals surface area (Å²) in [5.41, 5.74) is 3.90. The molecule has 2 rings (SSSR count). The fraction of sp³-hybridized carbons (Fsp3) is 0.294. The van der Waals surface area contributed by atoms with Crippen LogP contribution in [0.4, 0.5) is 8.78 Å². The molecule has 0 heterocycles. The van der Waals surface area contributed by atoms with Crippen molar-refractivity contribution in [3.8, 4) is 0 Å². The Balaban J connectivity index is 2.52. The van der Waals surface area contributed by atoms with Crippen molar-refractivity contribution in [1.82, 2.24) is 5.32 Å². The van der Waals surface area contributed by atoms with E-state index in [1.165, 1.54) is 17.7 Å². The molecule has 2 aromatic rings. The summed E-state index contributed by atoms with van der Waals surface area (Å²) in [4.78, 5) is 0. The highest BCUT2D eigenvalue weighted by molar-refractivity contribution is 5.38. The molecule has 1 atom stereocenters. The van der Waals surface area contributed by atoms with Crippen molar-refractivity contribution in [3.05, 3.63) is 69.8 Å². The van der Waals surface area contributed by atoms with Crippen LogP contribution in [0, 0.1) is 32.4 Å². The van der Waals surface area contributed by atoms with Crippen LogP contribution in [-0.2, 0) is 0 Å². The average molecular weight is 275 g/mol. The van der Waals surface area contributed by atoms with E-state index < -0.39 is 0 Å². The summed E-state index contributed by atoms with van der Waals surface area (Å²) in [5, 5.41) is 3.06. The lowest BCUT2D eigenvalue weighted by atomic mass is 9.94. The van der Waals surface area contributed by atoms with Crippen molar-refractivity contribution in [3.63, 3.8) is 0 Å². The van der Waals surface area contributed by atoms with Gasteiger partial charge < -0.3 is 5.32 Å². The van der Waals surface area contributed by atoms with E-state index >= 15 is 0 Å².